The number of hydrogen-bond donors (Lipinski definition) is 1. The number of benzene rings is 1. The van der Waals surface area contributed by atoms with E-state index in [2.05, 4.69) is 15.4 Å². The molecular weight excluding hydrogens is 368 g/mol. The molecule has 0 atom stereocenters. The minimum Gasteiger partial charge on any atom is -0.349 e. The lowest BCUT2D eigenvalue weighted by atomic mass is 10.1. The van der Waals surface area contributed by atoms with Gasteiger partial charge in [-0.1, -0.05) is 18.2 Å². The second kappa shape index (κ2) is 8.12. The van der Waals surface area contributed by atoms with Crippen molar-refractivity contribution in [1.82, 2.24) is 24.6 Å². The summed E-state index contributed by atoms with van der Waals surface area (Å²) in [5.41, 5.74) is 2.00. The van der Waals surface area contributed by atoms with Crippen molar-refractivity contribution in [3.05, 3.63) is 65.5 Å². The number of imidazole rings is 1. The van der Waals surface area contributed by atoms with Crippen LogP contribution in [0.25, 0.3) is 5.69 Å². The molecule has 7 nitrogen and oxygen atoms in total. The lowest BCUT2D eigenvalue weighted by molar-refractivity contribution is -0.117. The van der Waals surface area contributed by atoms with Crippen molar-refractivity contribution in [2.24, 2.45) is 0 Å². The molecule has 3 rings (SSSR count). The smallest absolute Gasteiger partial charge is 0.319 e. The van der Waals surface area contributed by atoms with Crippen LogP contribution in [0.4, 0.5) is 8.78 Å². The highest BCUT2D eigenvalue weighted by Gasteiger charge is 2.25. The van der Waals surface area contributed by atoms with Gasteiger partial charge >= 0.3 is 6.55 Å². The van der Waals surface area contributed by atoms with Gasteiger partial charge in [-0.3, -0.25) is 14.2 Å². The van der Waals surface area contributed by atoms with Crippen LogP contribution in [0, 0.1) is 13.8 Å². The number of halogens is 2. The molecule has 0 saturated carbocycles. The third kappa shape index (κ3) is 3.83. The van der Waals surface area contributed by atoms with Gasteiger partial charge in [-0.05, 0) is 26.0 Å². The van der Waals surface area contributed by atoms with Crippen LogP contribution in [0.1, 0.15) is 34.1 Å². The zero-order valence-corrected chi connectivity index (χ0v) is 15.4. The average Bonchev–Trinajstić information content (AvgIpc) is 3.26. The fraction of sp³-hybridized carbons (Fsp3) is 0.263. The molecule has 1 aromatic carbocycles. The van der Waals surface area contributed by atoms with E-state index >= 15 is 0 Å². The molecule has 0 unspecified atom stereocenters. The summed E-state index contributed by atoms with van der Waals surface area (Å²) >= 11 is 0. The fourth-order valence-corrected chi connectivity index (χ4v) is 2.99. The Kier molecular flexibility index (Phi) is 5.62. The number of ketones is 1. The summed E-state index contributed by atoms with van der Waals surface area (Å²) in [6, 6.07) is 9.26. The van der Waals surface area contributed by atoms with Gasteiger partial charge in [0.1, 0.15) is 5.82 Å². The maximum Gasteiger partial charge on any atom is 0.319 e. The number of nitrogens with zero attached hydrogens (tertiary/aromatic N) is 4. The van der Waals surface area contributed by atoms with Gasteiger partial charge in [-0.15, -0.1) is 0 Å². The van der Waals surface area contributed by atoms with E-state index in [1.54, 1.807) is 18.5 Å². The minimum atomic E-state index is -2.70. The molecular formula is C19H19F2N5O2. The van der Waals surface area contributed by atoms with E-state index in [-0.39, 0.29) is 24.4 Å². The van der Waals surface area contributed by atoms with Gasteiger partial charge in [0.2, 0.25) is 0 Å². The molecule has 0 radical (unpaired) electrons. The van der Waals surface area contributed by atoms with Crippen LogP contribution in [-0.4, -0.2) is 37.6 Å². The highest BCUT2D eigenvalue weighted by molar-refractivity contribution is 6.43. The van der Waals surface area contributed by atoms with E-state index in [4.69, 9.17) is 0 Å². The Bertz CT molecular complexity index is 995. The molecule has 28 heavy (non-hydrogen) atoms. The molecule has 9 heteroatoms. The van der Waals surface area contributed by atoms with Gasteiger partial charge in [0, 0.05) is 25.4 Å². The lowest BCUT2D eigenvalue weighted by Gasteiger charge is -2.08. The molecule has 1 N–H and O–H groups in total. The number of aromatic nitrogens is 4. The van der Waals surface area contributed by atoms with Gasteiger partial charge in [-0.2, -0.15) is 13.9 Å². The Hall–Kier alpha value is -3.36. The van der Waals surface area contributed by atoms with E-state index in [1.807, 2.05) is 30.3 Å². The van der Waals surface area contributed by atoms with Crippen molar-refractivity contribution < 1.29 is 18.4 Å². The number of alkyl halides is 2. The first kappa shape index (κ1) is 19.4. The minimum absolute atomic E-state index is 0.0131. The molecule has 3 aromatic rings. The van der Waals surface area contributed by atoms with Crippen molar-refractivity contribution in [2.75, 3.05) is 6.54 Å². The first-order valence-electron chi connectivity index (χ1n) is 8.64. The fourth-order valence-electron chi connectivity index (χ4n) is 2.99. The van der Waals surface area contributed by atoms with E-state index < -0.39 is 18.2 Å². The van der Waals surface area contributed by atoms with Gasteiger partial charge in [0.25, 0.3) is 11.7 Å². The molecule has 2 heterocycles. The van der Waals surface area contributed by atoms with Crippen molar-refractivity contribution in [2.45, 2.75) is 26.8 Å². The van der Waals surface area contributed by atoms with Gasteiger partial charge in [0.15, 0.2) is 0 Å². The predicted octanol–water partition coefficient (Wildman–Crippen LogP) is 2.62. The molecule has 0 aliphatic rings. The van der Waals surface area contributed by atoms with Gasteiger partial charge in [0.05, 0.1) is 22.6 Å². The first-order chi connectivity index (χ1) is 13.4. The summed E-state index contributed by atoms with van der Waals surface area (Å²) in [5, 5.41) is 6.82. The molecule has 146 valence electrons. The number of hydrogen-bond acceptors (Lipinski definition) is 4. The van der Waals surface area contributed by atoms with Crippen molar-refractivity contribution in [1.29, 1.82) is 0 Å². The number of nitrogens with one attached hydrogen (secondary N) is 1. The summed E-state index contributed by atoms with van der Waals surface area (Å²) in [7, 11) is 0. The standard InChI is InChI=1S/C19H19F2N5O2/c1-12-16(13(2)26(24-12)14-6-4-3-5-7-14)17(27)18(28)23-9-8-15-22-10-11-25(15)19(20)21/h3-7,10-11,19H,8-9H2,1-2H3,(H,23,28). The Labute approximate surface area is 160 Å². The van der Waals surface area contributed by atoms with Crippen LogP contribution in [0.3, 0.4) is 0 Å². The number of Topliss-reactive ketones (excluding diaryl/α,β-unsaturated/α-hetero) is 1. The van der Waals surface area contributed by atoms with Crippen LogP contribution >= 0.6 is 0 Å². The summed E-state index contributed by atoms with van der Waals surface area (Å²) < 4.78 is 27.9. The average molecular weight is 387 g/mol. The Morgan fingerprint density at radius 3 is 2.57 bits per heavy atom. The van der Waals surface area contributed by atoms with E-state index in [0.29, 0.717) is 16.0 Å². The largest absolute Gasteiger partial charge is 0.349 e. The van der Waals surface area contributed by atoms with Crippen LogP contribution in [0.15, 0.2) is 42.7 Å². The highest BCUT2D eigenvalue weighted by Crippen LogP contribution is 2.18. The molecule has 2 aromatic heterocycles. The van der Waals surface area contributed by atoms with E-state index in [9.17, 15) is 18.4 Å². The normalized spacial score (nSPS) is 11.0. The van der Waals surface area contributed by atoms with Crippen molar-refractivity contribution in [3.63, 3.8) is 0 Å². The summed E-state index contributed by atoms with van der Waals surface area (Å²) in [6.07, 6.45) is 2.51. The maximum absolute atomic E-state index is 12.8. The van der Waals surface area contributed by atoms with Gasteiger partial charge in [-0.25, -0.2) is 9.67 Å². The van der Waals surface area contributed by atoms with Crippen LogP contribution < -0.4 is 5.32 Å². The van der Waals surface area contributed by atoms with Crippen LogP contribution in [-0.2, 0) is 11.2 Å². The SMILES string of the molecule is Cc1nn(-c2ccccc2)c(C)c1C(=O)C(=O)NCCc1nccn1C(F)F. The number of carbonyl (C=O) groups excluding carboxylic acids is 2. The molecule has 0 bridgehead atoms. The summed E-state index contributed by atoms with van der Waals surface area (Å²) in [5.74, 6) is -1.39. The first-order valence-corrected chi connectivity index (χ1v) is 8.64. The zero-order chi connectivity index (χ0) is 20.3. The molecule has 0 aliphatic heterocycles. The van der Waals surface area contributed by atoms with Crippen molar-refractivity contribution >= 4 is 11.7 Å². The molecule has 1 amide bonds. The second-order valence-corrected chi connectivity index (χ2v) is 6.16. The number of carbonyl (C=O) groups is 2. The molecule has 0 aliphatic carbocycles. The summed E-state index contributed by atoms with van der Waals surface area (Å²) in [6.45, 7) is 0.683. The number of para-hydroxylation sites is 1. The monoisotopic (exact) mass is 387 g/mol. The number of amides is 1. The second-order valence-electron chi connectivity index (χ2n) is 6.16. The quantitative estimate of drug-likeness (QED) is 0.499. The maximum atomic E-state index is 12.8. The summed E-state index contributed by atoms with van der Waals surface area (Å²) in [4.78, 5) is 28.7. The van der Waals surface area contributed by atoms with Gasteiger partial charge < -0.3 is 5.32 Å². The zero-order valence-electron chi connectivity index (χ0n) is 15.4. The van der Waals surface area contributed by atoms with E-state index in [1.165, 1.54) is 6.20 Å². The third-order valence-corrected chi connectivity index (χ3v) is 4.32. The Morgan fingerprint density at radius 1 is 1.18 bits per heavy atom. The number of rotatable bonds is 7. The van der Waals surface area contributed by atoms with Crippen molar-refractivity contribution in [3.8, 4) is 5.69 Å². The Balaban J connectivity index is 1.69. The van der Waals surface area contributed by atoms with Crippen LogP contribution in [0.5, 0.6) is 0 Å². The van der Waals surface area contributed by atoms with Crippen LogP contribution in [0.2, 0.25) is 0 Å². The molecule has 0 spiro atoms. The third-order valence-electron chi connectivity index (χ3n) is 4.32. The Morgan fingerprint density at radius 2 is 1.89 bits per heavy atom. The lowest BCUT2D eigenvalue weighted by Crippen LogP contribution is -2.33. The molecule has 0 saturated heterocycles. The molecule has 0 fully saturated rings. The highest BCUT2D eigenvalue weighted by atomic mass is 19.3. The predicted molar refractivity (Wildman–Crippen MR) is 97.6 cm³/mol. The van der Waals surface area contributed by atoms with E-state index in [0.717, 1.165) is 11.9 Å². The number of aryl methyl sites for hydroxylation is 1. The topological polar surface area (TPSA) is 81.8 Å².